The molecule has 0 unspecified atom stereocenters. The maximum atomic E-state index is 12.5. The Balaban J connectivity index is 1.61. The van der Waals surface area contributed by atoms with E-state index in [9.17, 15) is 14.9 Å². The minimum absolute atomic E-state index is 0.00188. The maximum absolute atomic E-state index is 12.5. The van der Waals surface area contributed by atoms with Crippen LogP contribution in [0, 0.1) is 10.1 Å². The molecular weight excluding hydrogens is 308 g/mol. The molecule has 124 valence electrons. The Morgan fingerprint density at radius 2 is 1.79 bits per heavy atom. The molecule has 0 saturated carbocycles. The number of amides is 1. The van der Waals surface area contributed by atoms with E-state index >= 15 is 0 Å². The summed E-state index contributed by atoms with van der Waals surface area (Å²) in [6, 6.07) is 12.2. The second kappa shape index (κ2) is 7.08. The Hall–Kier alpha value is -2.96. The molecule has 2 heterocycles. The molecule has 1 fully saturated rings. The summed E-state index contributed by atoms with van der Waals surface area (Å²) >= 11 is 0. The van der Waals surface area contributed by atoms with Gasteiger partial charge in [0.2, 0.25) is 5.91 Å². The van der Waals surface area contributed by atoms with Crippen molar-refractivity contribution in [3.63, 3.8) is 0 Å². The summed E-state index contributed by atoms with van der Waals surface area (Å²) in [5, 5.41) is 11.0. The van der Waals surface area contributed by atoms with Crippen LogP contribution in [-0.4, -0.2) is 46.9 Å². The molecule has 24 heavy (non-hydrogen) atoms. The van der Waals surface area contributed by atoms with Crippen molar-refractivity contribution in [2.75, 3.05) is 31.1 Å². The zero-order chi connectivity index (χ0) is 16.9. The van der Waals surface area contributed by atoms with Crippen LogP contribution in [0.15, 0.2) is 48.7 Å². The quantitative estimate of drug-likeness (QED) is 0.633. The van der Waals surface area contributed by atoms with Gasteiger partial charge in [-0.15, -0.1) is 0 Å². The van der Waals surface area contributed by atoms with E-state index in [1.165, 1.54) is 6.07 Å². The second-order valence-corrected chi connectivity index (χ2v) is 5.62. The van der Waals surface area contributed by atoms with Crippen LogP contribution >= 0.6 is 0 Å². The van der Waals surface area contributed by atoms with Crippen LogP contribution in [0.3, 0.4) is 0 Å². The van der Waals surface area contributed by atoms with Gasteiger partial charge in [-0.2, -0.15) is 0 Å². The zero-order valence-electron chi connectivity index (χ0n) is 13.2. The Bertz CT molecular complexity index is 728. The van der Waals surface area contributed by atoms with Crippen LogP contribution in [0.1, 0.15) is 5.56 Å². The molecule has 0 aliphatic carbocycles. The SMILES string of the molecule is O=C(Cc1ccccc1[N+](=O)[O-])N1CCN(c2ccccn2)CC1. The third-order valence-electron chi connectivity index (χ3n) is 4.14. The van der Waals surface area contributed by atoms with Gasteiger partial charge in [-0.25, -0.2) is 4.98 Å². The predicted octanol–water partition coefficient (Wildman–Crippen LogP) is 1.88. The van der Waals surface area contributed by atoms with Crippen LogP contribution < -0.4 is 4.90 Å². The number of aromatic nitrogens is 1. The third kappa shape index (κ3) is 3.51. The Kier molecular flexibility index (Phi) is 4.69. The van der Waals surface area contributed by atoms with Gasteiger partial charge in [0.15, 0.2) is 0 Å². The van der Waals surface area contributed by atoms with Gasteiger partial charge in [0.05, 0.1) is 11.3 Å². The van der Waals surface area contributed by atoms with E-state index in [2.05, 4.69) is 9.88 Å². The Morgan fingerprint density at radius 3 is 2.46 bits per heavy atom. The number of nitro benzene ring substituents is 1. The van der Waals surface area contributed by atoms with Gasteiger partial charge in [-0.3, -0.25) is 14.9 Å². The fraction of sp³-hybridized carbons (Fsp3) is 0.294. The van der Waals surface area contributed by atoms with Gasteiger partial charge in [-0.05, 0) is 12.1 Å². The molecule has 7 heteroatoms. The Labute approximate surface area is 139 Å². The van der Waals surface area contributed by atoms with Crippen molar-refractivity contribution in [2.24, 2.45) is 0 Å². The van der Waals surface area contributed by atoms with Crippen molar-refractivity contribution < 1.29 is 9.72 Å². The summed E-state index contributed by atoms with van der Waals surface area (Å²) < 4.78 is 0. The molecule has 1 aromatic heterocycles. The lowest BCUT2D eigenvalue weighted by molar-refractivity contribution is -0.385. The summed E-state index contributed by atoms with van der Waals surface area (Å²) in [6.07, 6.45) is 1.81. The highest BCUT2D eigenvalue weighted by atomic mass is 16.6. The third-order valence-corrected chi connectivity index (χ3v) is 4.14. The topological polar surface area (TPSA) is 79.6 Å². The molecule has 3 rings (SSSR count). The highest BCUT2D eigenvalue weighted by Gasteiger charge is 2.24. The van der Waals surface area contributed by atoms with Crippen molar-refractivity contribution >= 4 is 17.4 Å². The lowest BCUT2D eigenvalue weighted by atomic mass is 10.1. The van der Waals surface area contributed by atoms with Crippen LogP contribution in [0.25, 0.3) is 0 Å². The highest BCUT2D eigenvalue weighted by Crippen LogP contribution is 2.19. The first-order valence-corrected chi connectivity index (χ1v) is 7.81. The molecule has 1 amide bonds. The minimum Gasteiger partial charge on any atom is -0.353 e. The van der Waals surface area contributed by atoms with Gasteiger partial charge in [0, 0.05) is 44.0 Å². The number of para-hydroxylation sites is 1. The van der Waals surface area contributed by atoms with E-state index in [1.807, 2.05) is 18.2 Å². The number of carbonyl (C=O) groups excluding carboxylic acids is 1. The molecule has 0 N–H and O–H groups in total. The van der Waals surface area contributed by atoms with E-state index in [4.69, 9.17) is 0 Å². The van der Waals surface area contributed by atoms with Crippen LogP contribution in [0.2, 0.25) is 0 Å². The molecule has 1 aliphatic heterocycles. The van der Waals surface area contributed by atoms with Crippen molar-refractivity contribution in [3.05, 3.63) is 64.3 Å². The second-order valence-electron chi connectivity index (χ2n) is 5.62. The number of hydrogen-bond acceptors (Lipinski definition) is 5. The summed E-state index contributed by atoms with van der Waals surface area (Å²) in [6.45, 7) is 2.60. The molecular formula is C17H18N4O3. The lowest BCUT2D eigenvalue weighted by Crippen LogP contribution is -2.49. The van der Waals surface area contributed by atoms with E-state index in [0.717, 1.165) is 5.82 Å². The Morgan fingerprint density at radius 1 is 1.08 bits per heavy atom. The van der Waals surface area contributed by atoms with Gasteiger partial charge in [-0.1, -0.05) is 24.3 Å². The predicted molar refractivity (Wildman–Crippen MR) is 89.8 cm³/mol. The molecule has 7 nitrogen and oxygen atoms in total. The summed E-state index contributed by atoms with van der Waals surface area (Å²) in [5.41, 5.74) is 0.456. The van der Waals surface area contributed by atoms with Crippen molar-refractivity contribution in [1.82, 2.24) is 9.88 Å². The maximum Gasteiger partial charge on any atom is 0.273 e. The summed E-state index contributed by atoms with van der Waals surface area (Å²) in [4.78, 5) is 31.3. The number of rotatable bonds is 4. The zero-order valence-corrected chi connectivity index (χ0v) is 13.2. The van der Waals surface area contributed by atoms with Crippen molar-refractivity contribution in [1.29, 1.82) is 0 Å². The largest absolute Gasteiger partial charge is 0.353 e. The fourth-order valence-corrected chi connectivity index (χ4v) is 2.84. The molecule has 2 aromatic rings. The van der Waals surface area contributed by atoms with Gasteiger partial charge in [0.25, 0.3) is 5.69 Å². The number of pyridine rings is 1. The molecule has 1 aliphatic rings. The molecule has 0 atom stereocenters. The first-order valence-electron chi connectivity index (χ1n) is 7.81. The molecule has 1 aromatic carbocycles. The molecule has 1 saturated heterocycles. The number of piperazine rings is 1. The molecule has 0 spiro atoms. The summed E-state index contributed by atoms with van der Waals surface area (Å²) in [5.74, 6) is 0.827. The van der Waals surface area contributed by atoms with E-state index in [1.54, 1.807) is 29.3 Å². The molecule has 0 bridgehead atoms. The van der Waals surface area contributed by atoms with Gasteiger partial charge < -0.3 is 9.80 Å². The highest BCUT2D eigenvalue weighted by molar-refractivity contribution is 5.80. The monoisotopic (exact) mass is 326 g/mol. The summed E-state index contributed by atoms with van der Waals surface area (Å²) in [7, 11) is 0. The number of nitrogens with zero attached hydrogens (tertiary/aromatic N) is 4. The number of benzene rings is 1. The number of hydrogen-bond donors (Lipinski definition) is 0. The van der Waals surface area contributed by atoms with Crippen LogP contribution in [0.5, 0.6) is 0 Å². The number of anilines is 1. The van der Waals surface area contributed by atoms with Crippen LogP contribution in [-0.2, 0) is 11.2 Å². The minimum atomic E-state index is -0.443. The standard InChI is InChI=1S/C17H18N4O3/c22-17(13-14-5-1-2-6-15(14)21(23)24)20-11-9-19(10-12-20)16-7-3-4-8-18-16/h1-8H,9-13H2. The first-order chi connectivity index (χ1) is 11.6. The average Bonchev–Trinajstić information content (AvgIpc) is 2.63. The lowest BCUT2D eigenvalue weighted by Gasteiger charge is -2.35. The van der Waals surface area contributed by atoms with Gasteiger partial charge >= 0.3 is 0 Å². The number of nitro groups is 1. The van der Waals surface area contributed by atoms with Gasteiger partial charge in [0.1, 0.15) is 5.82 Å². The van der Waals surface area contributed by atoms with E-state index in [0.29, 0.717) is 31.7 Å². The average molecular weight is 326 g/mol. The normalized spacial score (nSPS) is 14.5. The first kappa shape index (κ1) is 15.9. The van der Waals surface area contributed by atoms with Crippen molar-refractivity contribution in [2.45, 2.75) is 6.42 Å². The molecule has 0 radical (unpaired) electrons. The van der Waals surface area contributed by atoms with E-state index < -0.39 is 4.92 Å². The van der Waals surface area contributed by atoms with Crippen LogP contribution in [0.4, 0.5) is 11.5 Å². The van der Waals surface area contributed by atoms with E-state index in [-0.39, 0.29) is 18.0 Å². The fourth-order valence-electron chi connectivity index (χ4n) is 2.84. The number of carbonyl (C=O) groups is 1. The smallest absolute Gasteiger partial charge is 0.273 e. The van der Waals surface area contributed by atoms with Crippen molar-refractivity contribution in [3.8, 4) is 0 Å².